The first-order valence-corrected chi connectivity index (χ1v) is 4.30. The molecule has 0 bridgehead atoms. The summed E-state index contributed by atoms with van der Waals surface area (Å²) in [6.07, 6.45) is 0. The largest absolute Gasteiger partial charge is 0.439 e. The lowest BCUT2D eigenvalue weighted by Gasteiger charge is -1.97. The number of rotatable bonds is 0. The zero-order valence-corrected chi connectivity index (χ0v) is 7.88. The minimum atomic E-state index is 0.606. The molecule has 1 aromatic heterocycles. The van der Waals surface area contributed by atoms with Crippen molar-refractivity contribution in [3.63, 3.8) is 0 Å². The van der Waals surface area contributed by atoms with Crippen LogP contribution in [-0.4, -0.2) is 7.05 Å². The van der Waals surface area contributed by atoms with Crippen LogP contribution in [0.2, 0.25) is 5.02 Å². The lowest BCUT2D eigenvalue weighted by Crippen LogP contribution is -1.97. The van der Waals surface area contributed by atoms with Gasteiger partial charge in [0.1, 0.15) is 5.58 Å². The van der Waals surface area contributed by atoms with Crippen molar-refractivity contribution in [2.45, 2.75) is 0 Å². The molecule has 2 aromatic rings. The molecule has 0 radical (unpaired) electrons. The molecule has 0 fully saturated rings. The Kier molecular flexibility index (Phi) is 2.07. The maximum Gasteiger partial charge on any atom is 0.214 e. The normalized spacial score (nSPS) is 12.3. The Morgan fingerprint density at radius 3 is 2.85 bits per heavy atom. The minimum absolute atomic E-state index is 0.606. The van der Waals surface area contributed by atoms with Gasteiger partial charge in [0.15, 0.2) is 0 Å². The van der Waals surface area contributed by atoms with E-state index in [2.05, 4.69) is 4.99 Å². The van der Waals surface area contributed by atoms with Gasteiger partial charge in [0, 0.05) is 18.5 Å². The van der Waals surface area contributed by atoms with Crippen LogP contribution in [0, 0.1) is 0 Å². The first kappa shape index (κ1) is 8.32. The van der Waals surface area contributed by atoms with Gasteiger partial charge >= 0.3 is 0 Å². The second-order valence-electron chi connectivity index (χ2n) is 2.65. The lowest BCUT2D eigenvalue weighted by molar-refractivity contribution is 0.541. The highest BCUT2D eigenvalue weighted by atomic mass is 35.5. The zero-order valence-electron chi connectivity index (χ0n) is 7.12. The molecule has 0 aliphatic carbocycles. The van der Waals surface area contributed by atoms with Crippen LogP contribution in [0.3, 0.4) is 0 Å². The fraction of sp³-hybridized carbons (Fsp3) is 0.100. The number of halogens is 1. The molecule has 66 valence electrons. The third kappa shape index (κ3) is 1.45. The van der Waals surface area contributed by atoms with Crippen LogP contribution in [0.1, 0.15) is 0 Å². The smallest absolute Gasteiger partial charge is 0.214 e. The van der Waals surface area contributed by atoms with E-state index in [-0.39, 0.29) is 0 Å². The Morgan fingerprint density at radius 2 is 2.08 bits per heavy atom. The first-order chi connectivity index (χ1) is 6.31. The maximum absolute atomic E-state index is 5.96. The average molecular weight is 194 g/mol. The second kappa shape index (κ2) is 3.23. The van der Waals surface area contributed by atoms with Crippen LogP contribution >= 0.6 is 11.6 Å². The van der Waals surface area contributed by atoms with Gasteiger partial charge in [-0.1, -0.05) is 17.7 Å². The van der Waals surface area contributed by atoms with Crippen LogP contribution in [-0.2, 0) is 0 Å². The summed E-state index contributed by atoms with van der Waals surface area (Å²) in [6, 6.07) is 9.27. The van der Waals surface area contributed by atoms with E-state index in [9.17, 15) is 0 Å². The summed E-state index contributed by atoms with van der Waals surface area (Å²) in [4.78, 5) is 3.94. The summed E-state index contributed by atoms with van der Waals surface area (Å²) in [5, 5.41) is 1.61. The molecular weight excluding hydrogens is 186 g/mol. The molecule has 3 heteroatoms. The Hall–Kier alpha value is -1.28. The first-order valence-electron chi connectivity index (χ1n) is 3.92. The van der Waals surface area contributed by atoms with E-state index < -0.39 is 0 Å². The summed E-state index contributed by atoms with van der Waals surface area (Å²) in [5.41, 5.74) is 1.37. The van der Waals surface area contributed by atoms with Crippen molar-refractivity contribution in [3.05, 3.63) is 40.9 Å². The van der Waals surface area contributed by atoms with Crippen LogP contribution < -0.4 is 5.55 Å². The molecule has 0 amide bonds. The molecule has 0 aliphatic rings. The van der Waals surface area contributed by atoms with Gasteiger partial charge in [-0.3, -0.25) is 4.99 Å². The van der Waals surface area contributed by atoms with E-state index in [1.807, 2.05) is 24.3 Å². The molecule has 0 unspecified atom stereocenters. The highest BCUT2D eigenvalue weighted by Gasteiger charge is 1.98. The van der Waals surface area contributed by atoms with Crippen molar-refractivity contribution in [2.75, 3.05) is 7.05 Å². The Morgan fingerprint density at radius 1 is 1.23 bits per heavy atom. The van der Waals surface area contributed by atoms with E-state index in [0.717, 1.165) is 11.0 Å². The molecule has 0 saturated carbocycles. The van der Waals surface area contributed by atoms with Crippen LogP contribution in [0.4, 0.5) is 0 Å². The number of fused-ring (bicyclic) bond motifs is 1. The molecule has 0 spiro atoms. The summed E-state index contributed by atoms with van der Waals surface area (Å²) in [5.74, 6) is 0. The predicted molar refractivity (Wildman–Crippen MR) is 52.7 cm³/mol. The number of hydrogen-bond donors (Lipinski definition) is 0. The van der Waals surface area contributed by atoms with Crippen LogP contribution in [0.15, 0.2) is 39.7 Å². The monoisotopic (exact) mass is 193 g/mol. The van der Waals surface area contributed by atoms with Crippen molar-refractivity contribution in [2.24, 2.45) is 4.99 Å². The summed E-state index contributed by atoms with van der Waals surface area (Å²) in [6.45, 7) is 0. The third-order valence-electron chi connectivity index (χ3n) is 1.84. The molecule has 0 saturated heterocycles. The molecule has 1 heterocycles. The lowest BCUT2D eigenvalue weighted by atomic mass is 10.2. The molecule has 2 rings (SSSR count). The van der Waals surface area contributed by atoms with E-state index in [1.54, 1.807) is 13.1 Å². The van der Waals surface area contributed by atoms with Crippen LogP contribution in [0.25, 0.3) is 11.0 Å². The van der Waals surface area contributed by atoms with Crippen molar-refractivity contribution in [1.82, 2.24) is 0 Å². The van der Waals surface area contributed by atoms with Gasteiger partial charge in [-0.25, -0.2) is 0 Å². The van der Waals surface area contributed by atoms with Gasteiger partial charge < -0.3 is 4.42 Å². The van der Waals surface area contributed by atoms with Gasteiger partial charge in [0.25, 0.3) is 0 Å². The van der Waals surface area contributed by atoms with Crippen LogP contribution in [0.5, 0.6) is 0 Å². The fourth-order valence-corrected chi connectivity index (χ4v) is 1.42. The van der Waals surface area contributed by atoms with Crippen molar-refractivity contribution < 1.29 is 4.42 Å². The summed E-state index contributed by atoms with van der Waals surface area (Å²) < 4.78 is 5.44. The van der Waals surface area contributed by atoms with E-state index >= 15 is 0 Å². The molecule has 0 atom stereocenters. The standard InChI is InChI=1S/C10H8ClNO/c1-12-10-6-5-7-8(11)3-2-4-9(7)13-10/h2-6H,1H3. The highest BCUT2D eigenvalue weighted by molar-refractivity contribution is 6.35. The molecular formula is C10H8ClNO. The molecule has 13 heavy (non-hydrogen) atoms. The maximum atomic E-state index is 5.96. The van der Waals surface area contributed by atoms with E-state index in [1.165, 1.54) is 0 Å². The Labute approximate surface area is 80.5 Å². The third-order valence-corrected chi connectivity index (χ3v) is 2.17. The average Bonchev–Trinajstić information content (AvgIpc) is 2.18. The van der Waals surface area contributed by atoms with Gasteiger partial charge in [0.05, 0.1) is 5.02 Å². The minimum Gasteiger partial charge on any atom is -0.439 e. The predicted octanol–water partition coefficient (Wildman–Crippen LogP) is 2.62. The highest BCUT2D eigenvalue weighted by Crippen LogP contribution is 2.20. The number of benzene rings is 1. The van der Waals surface area contributed by atoms with Gasteiger partial charge in [0.2, 0.25) is 5.55 Å². The summed E-state index contributed by atoms with van der Waals surface area (Å²) in [7, 11) is 1.69. The molecule has 2 nitrogen and oxygen atoms in total. The topological polar surface area (TPSA) is 25.5 Å². The molecule has 1 aromatic carbocycles. The molecule has 0 aliphatic heterocycles. The Balaban J connectivity index is 2.88. The SMILES string of the molecule is CN=c1ccc2c(Cl)cccc2o1. The summed E-state index contributed by atoms with van der Waals surface area (Å²) >= 11 is 5.96. The van der Waals surface area contributed by atoms with Gasteiger partial charge in [-0.2, -0.15) is 0 Å². The molecule has 0 N–H and O–H groups in total. The van der Waals surface area contributed by atoms with Gasteiger partial charge in [-0.15, -0.1) is 0 Å². The second-order valence-corrected chi connectivity index (χ2v) is 3.06. The Bertz CT molecular complexity index is 501. The quantitative estimate of drug-likeness (QED) is 0.632. The van der Waals surface area contributed by atoms with Gasteiger partial charge in [-0.05, 0) is 18.2 Å². The van der Waals surface area contributed by atoms with E-state index in [0.29, 0.717) is 10.6 Å². The van der Waals surface area contributed by atoms with Crippen molar-refractivity contribution >= 4 is 22.6 Å². The van der Waals surface area contributed by atoms with Crippen molar-refractivity contribution in [1.29, 1.82) is 0 Å². The fourth-order valence-electron chi connectivity index (χ4n) is 1.19. The number of nitrogens with zero attached hydrogens (tertiary/aromatic N) is 1. The number of hydrogen-bond acceptors (Lipinski definition) is 2. The van der Waals surface area contributed by atoms with Crippen molar-refractivity contribution in [3.8, 4) is 0 Å². The zero-order chi connectivity index (χ0) is 9.26. The van der Waals surface area contributed by atoms with E-state index in [4.69, 9.17) is 16.0 Å².